The molecule has 4 unspecified atom stereocenters. The zero-order chi connectivity index (χ0) is 52.9. The van der Waals surface area contributed by atoms with E-state index in [-0.39, 0.29) is 76.8 Å². The molecular weight excluding hydrogens is 943 g/mol. The van der Waals surface area contributed by atoms with Crippen LogP contribution in [0.2, 0.25) is 0 Å². The number of rotatable bonds is 19. The van der Waals surface area contributed by atoms with Gasteiger partial charge in [0.15, 0.2) is 5.96 Å². The van der Waals surface area contributed by atoms with E-state index >= 15 is 0 Å². The molecule has 16 N–H and O–H groups in total. The number of fused-ring (bicyclic) bond motifs is 1. The van der Waals surface area contributed by atoms with Gasteiger partial charge < -0.3 is 69.3 Å². The Kier molecular flexibility index (Phi) is 21.3. The van der Waals surface area contributed by atoms with Crippen molar-refractivity contribution in [2.75, 3.05) is 13.1 Å². The fourth-order valence-electron chi connectivity index (χ4n) is 8.23. The first kappa shape index (κ1) is 55.6. The number of amides is 9. The number of carbonyl (C=O) groups is 9. The molecule has 24 nitrogen and oxygen atoms in total. The number of hydrogen-bond acceptors (Lipinski definition) is 11. The molecule has 73 heavy (non-hydrogen) atoms. The molecule has 1 fully saturated rings. The Morgan fingerprint density at radius 1 is 0.795 bits per heavy atom. The molecule has 0 bridgehead atoms. The molecule has 9 amide bonds. The average Bonchev–Trinajstić information content (AvgIpc) is 4.03. The minimum absolute atomic E-state index is 0.0170. The maximum atomic E-state index is 14.6. The van der Waals surface area contributed by atoms with E-state index in [0.717, 1.165) is 10.9 Å². The summed E-state index contributed by atoms with van der Waals surface area (Å²) >= 11 is 0. The molecule has 4 aromatic rings. The van der Waals surface area contributed by atoms with Crippen molar-refractivity contribution in [2.24, 2.45) is 11.5 Å². The Bertz CT molecular complexity index is 2550. The fraction of sp³-hybridized carbons (Fsp3) is 0.449. The van der Waals surface area contributed by atoms with Gasteiger partial charge in [-0.3, -0.25) is 48.6 Å². The van der Waals surface area contributed by atoms with E-state index in [2.05, 4.69) is 62.8 Å². The van der Waals surface area contributed by atoms with Crippen molar-refractivity contribution >= 4 is 70.0 Å². The van der Waals surface area contributed by atoms with Crippen molar-refractivity contribution in [1.82, 2.24) is 62.8 Å². The molecule has 0 spiro atoms. The van der Waals surface area contributed by atoms with Gasteiger partial charge in [0.05, 0.1) is 12.0 Å². The Morgan fingerprint density at radius 2 is 1.48 bits per heavy atom. The van der Waals surface area contributed by atoms with E-state index < -0.39 is 95.5 Å². The maximum Gasteiger partial charge on any atom is 0.243 e. The topological polar surface area (TPSA) is 382 Å². The van der Waals surface area contributed by atoms with E-state index in [1.54, 1.807) is 36.5 Å². The maximum absolute atomic E-state index is 14.6. The number of nitrogens with two attached hydrogens (primary N) is 2. The quantitative estimate of drug-likeness (QED) is 0.0292. The number of benzene rings is 2. The van der Waals surface area contributed by atoms with E-state index in [0.29, 0.717) is 29.7 Å². The lowest BCUT2D eigenvalue weighted by molar-refractivity contribution is -0.135. The lowest BCUT2D eigenvalue weighted by atomic mass is 10.0. The number of aromatic nitrogens is 3. The molecule has 1 aliphatic rings. The first-order valence-electron chi connectivity index (χ1n) is 24.3. The summed E-state index contributed by atoms with van der Waals surface area (Å²) in [6.07, 6.45) is 4.99. The standard InChI is InChI=1S/C49H67N15O9/c1-3-4-14-34(58-28(2)65)43(68)60-36-17-18-41(66)54-21-19-37(46(71)62-38(42(50)67)23-30-25-56-33-15-9-8-13-32(30)33)61-44(69)35(16-10-20-55-49(51)52)59-47(72)39(22-29-11-6-5-7-12-29)63-48(73)40(64-45(36)70)24-31-26-53-27-57-31/h5-9,11-13,15,25-27,34-40,56H,3-4,10,14,16-24H2,1-2H3,(H2,50,67)(H,53,57)(H,54,66)(H,58,65)(H,59,72)(H,60,68)(H,61,69)(H,62,71)(H,63,73)(H,64,70)(H4,51,52,55)/t34-,35-,36?,37?,38?,39?,40-/m0/s1. The lowest BCUT2D eigenvalue weighted by Gasteiger charge is -2.28. The molecule has 0 radical (unpaired) electrons. The fourth-order valence-corrected chi connectivity index (χ4v) is 8.23. The van der Waals surface area contributed by atoms with E-state index in [1.165, 1.54) is 19.4 Å². The summed E-state index contributed by atoms with van der Waals surface area (Å²) in [5.41, 5.74) is 13.8. The molecule has 3 heterocycles. The average molecular weight is 1010 g/mol. The highest BCUT2D eigenvalue weighted by atomic mass is 16.2. The van der Waals surface area contributed by atoms with Gasteiger partial charge in [-0.15, -0.1) is 0 Å². The summed E-state index contributed by atoms with van der Waals surface area (Å²) in [6.45, 7) is 3.05. The van der Waals surface area contributed by atoms with Crippen molar-refractivity contribution < 1.29 is 43.2 Å². The van der Waals surface area contributed by atoms with Crippen LogP contribution in [-0.2, 0) is 62.4 Å². The first-order chi connectivity index (χ1) is 35.0. The van der Waals surface area contributed by atoms with Crippen LogP contribution in [0.4, 0.5) is 0 Å². The van der Waals surface area contributed by atoms with Crippen LogP contribution in [0.1, 0.15) is 82.0 Å². The predicted molar refractivity (Wildman–Crippen MR) is 268 cm³/mol. The third-order valence-corrected chi connectivity index (χ3v) is 12.1. The molecule has 0 saturated carbocycles. The number of H-pyrrole nitrogens is 2. The largest absolute Gasteiger partial charge is 0.370 e. The highest BCUT2D eigenvalue weighted by molar-refractivity contribution is 5.98. The molecule has 24 heteroatoms. The van der Waals surface area contributed by atoms with Crippen LogP contribution >= 0.6 is 0 Å². The summed E-state index contributed by atoms with van der Waals surface area (Å²) < 4.78 is 0. The summed E-state index contributed by atoms with van der Waals surface area (Å²) in [4.78, 5) is 135. The highest BCUT2D eigenvalue weighted by Crippen LogP contribution is 2.19. The molecule has 2 aromatic heterocycles. The summed E-state index contributed by atoms with van der Waals surface area (Å²) in [7, 11) is 0. The molecule has 2 aromatic carbocycles. The molecule has 1 saturated heterocycles. The van der Waals surface area contributed by atoms with Crippen LogP contribution in [0, 0.1) is 5.41 Å². The number of unbranched alkanes of at least 4 members (excludes halogenated alkanes) is 1. The number of nitrogens with zero attached hydrogens (tertiary/aromatic N) is 1. The number of guanidine groups is 1. The molecule has 5 rings (SSSR count). The number of primary amides is 1. The van der Waals surface area contributed by atoms with Crippen LogP contribution in [0.15, 0.2) is 73.3 Å². The smallest absolute Gasteiger partial charge is 0.243 e. The van der Waals surface area contributed by atoms with Gasteiger partial charge in [-0.1, -0.05) is 68.3 Å². The minimum Gasteiger partial charge on any atom is -0.370 e. The van der Waals surface area contributed by atoms with E-state index in [9.17, 15) is 43.2 Å². The van der Waals surface area contributed by atoms with Gasteiger partial charge in [0.1, 0.15) is 42.3 Å². The van der Waals surface area contributed by atoms with Crippen LogP contribution in [-0.4, -0.2) is 129 Å². The second kappa shape index (κ2) is 27.9. The zero-order valence-corrected chi connectivity index (χ0v) is 40.9. The zero-order valence-electron chi connectivity index (χ0n) is 40.9. The summed E-state index contributed by atoms with van der Waals surface area (Å²) in [6, 6.07) is 6.70. The third kappa shape index (κ3) is 17.8. The second-order valence-corrected chi connectivity index (χ2v) is 17.8. The normalized spacial score (nSPS) is 20.2. The number of aromatic amines is 2. The SMILES string of the molecule is CCCC[C@H](NC(C)=O)C(=O)NC1CCC(=O)NCCC(C(=O)NC(Cc2c[nH]c3ccccc23)C(N)=O)NC(=O)[C@H](CCCNC(=N)N)NC(=O)C(Cc2ccccc2)NC(=O)[C@H](Cc2c[nH]cn2)NC1=O. The van der Waals surface area contributed by atoms with E-state index in [1.807, 2.05) is 31.2 Å². The van der Waals surface area contributed by atoms with Crippen LogP contribution < -0.4 is 59.3 Å². The number of imidazole rings is 1. The second-order valence-electron chi connectivity index (χ2n) is 17.8. The van der Waals surface area contributed by atoms with Gasteiger partial charge in [0, 0.05) is 69.0 Å². The van der Waals surface area contributed by atoms with Crippen molar-refractivity contribution in [3.8, 4) is 0 Å². The number of carbonyl (C=O) groups excluding carboxylic acids is 9. The Hall–Kier alpha value is -8.31. The van der Waals surface area contributed by atoms with Crippen molar-refractivity contribution in [3.05, 3.63) is 90.1 Å². The van der Waals surface area contributed by atoms with Gasteiger partial charge in [0.25, 0.3) is 0 Å². The van der Waals surface area contributed by atoms with Crippen LogP contribution in [0.25, 0.3) is 10.9 Å². The number of nitrogens with one attached hydrogen (secondary N) is 12. The monoisotopic (exact) mass is 1010 g/mol. The molecule has 0 aliphatic carbocycles. The first-order valence-corrected chi connectivity index (χ1v) is 24.3. The molecule has 7 atom stereocenters. The molecule has 1 aliphatic heterocycles. The summed E-state index contributed by atoms with van der Waals surface area (Å²) in [5, 5.41) is 32.5. The van der Waals surface area contributed by atoms with Gasteiger partial charge in [-0.05, 0) is 49.3 Å². The minimum atomic E-state index is -1.44. The Balaban J connectivity index is 1.51. The van der Waals surface area contributed by atoms with Gasteiger partial charge in [-0.25, -0.2) is 4.98 Å². The summed E-state index contributed by atoms with van der Waals surface area (Å²) in [5.74, 6) is -7.20. The lowest BCUT2D eigenvalue weighted by Crippen LogP contribution is -2.60. The van der Waals surface area contributed by atoms with Gasteiger partial charge in [0.2, 0.25) is 53.2 Å². The number of para-hydroxylation sites is 1. The third-order valence-electron chi connectivity index (χ3n) is 12.1. The number of hydrogen-bond donors (Lipinski definition) is 14. The van der Waals surface area contributed by atoms with Crippen LogP contribution in [0.3, 0.4) is 0 Å². The highest BCUT2D eigenvalue weighted by Gasteiger charge is 2.35. The molecular formula is C49H67N15O9. The van der Waals surface area contributed by atoms with Crippen molar-refractivity contribution in [2.45, 2.75) is 127 Å². The van der Waals surface area contributed by atoms with Crippen molar-refractivity contribution in [1.29, 1.82) is 5.41 Å². The Labute approximate surface area is 421 Å². The molecule has 392 valence electrons. The van der Waals surface area contributed by atoms with Crippen LogP contribution in [0.5, 0.6) is 0 Å². The van der Waals surface area contributed by atoms with Gasteiger partial charge in [-0.2, -0.15) is 0 Å². The van der Waals surface area contributed by atoms with Gasteiger partial charge >= 0.3 is 0 Å². The predicted octanol–water partition coefficient (Wildman–Crippen LogP) is -1.43. The van der Waals surface area contributed by atoms with E-state index in [4.69, 9.17) is 16.9 Å². The van der Waals surface area contributed by atoms with Crippen molar-refractivity contribution in [3.63, 3.8) is 0 Å². The Morgan fingerprint density at radius 3 is 2.16 bits per heavy atom.